The van der Waals surface area contributed by atoms with E-state index in [1.165, 1.54) is 11.3 Å². The van der Waals surface area contributed by atoms with E-state index in [9.17, 15) is 13.2 Å². The lowest BCUT2D eigenvalue weighted by Gasteiger charge is -2.33. The minimum absolute atomic E-state index is 0.358. The fourth-order valence-corrected chi connectivity index (χ4v) is 6.10. The van der Waals surface area contributed by atoms with Crippen molar-refractivity contribution in [2.24, 2.45) is 5.73 Å². The molecule has 1 aromatic heterocycles. The summed E-state index contributed by atoms with van der Waals surface area (Å²) in [6, 6.07) is 7.10. The average molecular weight is 393 g/mol. The third kappa shape index (κ3) is 3.70. The van der Waals surface area contributed by atoms with Gasteiger partial charge >= 0.3 is 0 Å². The minimum Gasteiger partial charge on any atom is -0.371 e. The van der Waals surface area contributed by atoms with Gasteiger partial charge in [-0.3, -0.25) is 4.79 Å². The Morgan fingerprint density at radius 1 is 1.23 bits per heavy atom. The minimum atomic E-state index is -3.32. The molecule has 0 unspecified atom stereocenters. The molecule has 1 aromatic carbocycles. The molecule has 1 aliphatic heterocycles. The SMILES string of the molecule is Cc1c(N2CCC(S(=O)(=O)c3ccc(CCN)cc3)CC2)csc1C=O. The first-order chi connectivity index (χ1) is 12.5. The molecule has 26 heavy (non-hydrogen) atoms. The van der Waals surface area contributed by atoms with Crippen LogP contribution in [0.4, 0.5) is 5.69 Å². The van der Waals surface area contributed by atoms with E-state index in [4.69, 9.17) is 5.73 Å². The molecule has 1 saturated heterocycles. The van der Waals surface area contributed by atoms with Crippen molar-refractivity contribution in [3.63, 3.8) is 0 Å². The van der Waals surface area contributed by atoms with Gasteiger partial charge in [0.2, 0.25) is 0 Å². The van der Waals surface area contributed by atoms with E-state index >= 15 is 0 Å². The smallest absolute Gasteiger partial charge is 0.181 e. The monoisotopic (exact) mass is 392 g/mol. The molecular weight excluding hydrogens is 368 g/mol. The van der Waals surface area contributed by atoms with Gasteiger partial charge in [0.25, 0.3) is 0 Å². The number of hydrogen-bond donors (Lipinski definition) is 1. The normalized spacial score (nSPS) is 16.0. The van der Waals surface area contributed by atoms with E-state index in [1.54, 1.807) is 12.1 Å². The molecule has 0 spiro atoms. The fraction of sp³-hybridized carbons (Fsp3) is 0.421. The Kier molecular flexibility index (Phi) is 5.79. The third-order valence-electron chi connectivity index (χ3n) is 5.06. The Morgan fingerprint density at radius 2 is 1.88 bits per heavy atom. The number of benzene rings is 1. The van der Waals surface area contributed by atoms with Crippen LogP contribution < -0.4 is 10.6 Å². The number of thiophene rings is 1. The highest BCUT2D eigenvalue weighted by atomic mass is 32.2. The van der Waals surface area contributed by atoms with Gasteiger partial charge in [0.1, 0.15) is 0 Å². The van der Waals surface area contributed by atoms with Crippen molar-refractivity contribution in [3.05, 3.63) is 45.6 Å². The first-order valence-electron chi connectivity index (χ1n) is 8.78. The first kappa shape index (κ1) is 19.1. The highest BCUT2D eigenvalue weighted by molar-refractivity contribution is 7.92. The molecule has 7 heteroatoms. The lowest BCUT2D eigenvalue weighted by atomic mass is 10.1. The van der Waals surface area contributed by atoms with Crippen LogP contribution in [0.5, 0.6) is 0 Å². The van der Waals surface area contributed by atoms with E-state index in [0.29, 0.717) is 37.4 Å². The van der Waals surface area contributed by atoms with Crippen LogP contribution in [0.15, 0.2) is 34.5 Å². The molecule has 0 amide bonds. The maximum absolute atomic E-state index is 12.9. The number of hydrogen-bond acceptors (Lipinski definition) is 6. The van der Waals surface area contributed by atoms with Gasteiger partial charge in [-0.05, 0) is 56.0 Å². The van der Waals surface area contributed by atoms with Crippen molar-refractivity contribution in [1.82, 2.24) is 0 Å². The summed E-state index contributed by atoms with van der Waals surface area (Å²) in [6.07, 6.45) is 2.83. The fourth-order valence-electron chi connectivity index (χ4n) is 3.46. The lowest BCUT2D eigenvalue weighted by Crippen LogP contribution is -2.39. The average Bonchev–Trinajstić information content (AvgIpc) is 3.03. The van der Waals surface area contributed by atoms with Crippen molar-refractivity contribution >= 4 is 33.1 Å². The number of piperidine rings is 1. The van der Waals surface area contributed by atoms with Crippen LogP contribution in [0.2, 0.25) is 0 Å². The van der Waals surface area contributed by atoms with Gasteiger partial charge in [-0.15, -0.1) is 11.3 Å². The van der Waals surface area contributed by atoms with Gasteiger partial charge in [-0.25, -0.2) is 8.42 Å². The molecule has 140 valence electrons. The largest absolute Gasteiger partial charge is 0.371 e. The standard InChI is InChI=1S/C19H24N2O3S2/c1-14-18(13-25-19(14)12-22)21-10-7-17(8-11-21)26(23,24)16-4-2-15(3-5-16)6-9-20/h2-5,12-13,17H,6-11,20H2,1H3. The van der Waals surface area contributed by atoms with Crippen molar-refractivity contribution in [2.45, 2.75) is 36.3 Å². The summed E-state index contributed by atoms with van der Waals surface area (Å²) in [5.41, 5.74) is 8.64. The van der Waals surface area contributed by atoms with E-state index in [0.717, 1.165) is 34.4 Å². The molecule has 2 N–H and O–H groups in total. The van der Waals surface area contributed by atoms with Gasteiger partial charge in [-0.2, -0.15) is 0 Å². The number of anilines is 1. The Hall–Kier alpha value is -1.70. The van der Waals surface area contributed by atoms with Crippen LogP contribution in [0, 0.1) is 6.92 Å². The van der Waals surface area contributed by atoms with Crippen molar-refractivity contribution in [1.29, 1.82) is 0 Å². The van der Waals surface area contributed by atoms with Crippen LogP contribution in [-0.4, -0.2) is 39.6 Å². The van der Waals surface area contributed by atoms with E-state index in [2.05, 4.69) is 4.90 Å². The van der Waals surface area contributed by atoms with Gasteiger partial charge in [0, 0.05) is 18.5 Å². The summed E-state index contributed by atoms with van der Waals surface area (Å²) in [7, 11) is -3.32. The number of sulfone groups is 1. The van der Waals surface area contributed by atoms with E-state index < -0.39 is 9.84 Å². The highest BCUT2D eigenvalue weighted by Crippen LogP contribution is 2.32. The molecule has 5 nitrogen and oxygen atoms in total. The number of nitrogens with zero attached hydrogens (tertiary/aromatic N) is 1. The predicted octanol–water partition coefficient (Wildman–Crippen LogP) is 2.81. The van der Waals surface area contributed by atoms with E-state index in [1.807, 2.05) is 24.4 Å². The maximum atomic E-state index is 12.9. The zero-order valence-corrected chi connectivity index (χ0v) is 16.5. The molecule has 1 aliphatic rings. The summed E-state index contributed by atoms with van der Waals surface area (Å²) in [4.78, 5) is 14.4. The molecule has 0 saturated carbocycles. The van der Waals surface area contributed by atoms with Gasteiger partial charge in [-0.1, -0.05) is 12.1 Å². The second-order valence-electron chi connectivity index (χ2n) is 6.64. The number of carbonyl (C=O) groups excluding carboxylic acids is 1. The van der Waals surface area contributed by atoms with Crippen molar-refractivity contribution in [2.75, 3.05) is 24.5 Å². The van der Waals surface area contributed by atoms with E-state index in [-0.39, 0.29) is 5.25 Å². The number of nitrogens with two attached hydrogens (primary N) is 1. The number of aldehydes is 1. The Labute approximate surface area is 158 Å². The van der Waals surface area contributed by atoms with Crippen LogP contribution in [0.25, 0.3) is 0 Å². The Morgan fingerprint density at radius 3 is 2.42 bits per heavy atom. The molecule has 2 heterocycles. The zero-order valence-electron chi connectivity index (χ0n) is 14.8. The van der Waals surface area contributed by atoms with Gasteiger partial charge < -0.3 is 10.6 Å². The molecule has 0 bridgehead atoms. The molecule has 2 aromatic rings. The van der Waals surface area contributed by atoms with Gasteiger partial charge in [0.05, 0.1) is 20.7 Å². The first-order valence-corrected chi connectivity index (χ1v) is 11.2. The highest BCUT2D eigenvalue weighted by Gasteiger charge is 2.32. The second-order valence-corrected chi connectivity index (χ2v) is 9.78. The predicted molar refractivity (Wildman–Crippen MR) is 106 cm³/mol. The summed E-state index contributed by atoms with van der Waals surface area (Å²) in [5, 5.41) is 1.63. The topological polar surface area (TPSA) is 80.5 Å². The maximum Gasteiger partial charge on any atom is 0.181 e. The number of carbonyl (C=O) groups is 1. The third-order valence-corrected chi connectivity index (χ3v) is 8.34. The zero-order chi connectivity index (χ0) is 18.7. The number of rotatable bonds is 6. The lowest BCUT2D eigenvalue weighted by molar-refractivity contribution is 0.112. The van der Waals surface area contributed by atoms with Crippen LogP contribution in [0.3, 0.4) is 0 Å². The van der Waals surface area contributed by atoms with Crippen molar-refractivity contribution in [3.8, 4) is 0 Å². The van der Waals surface area contributed by atoms with Crippen LogP contribution >= 0.6 is 11.3 Å². The summed E-state index contributed by atoms with van der Waals surface area (Å²) >= 11 is 1.44. The molecule has 0 atom stereocenters. The molecule has 0 radical (unpaired) electrons. The molecule has 0 aliphatic carbocycles. The second kappa shape index (κ2) is 7.90. The molecule has 1 fully saturated rings. The van der Waals surface area contributed by atoms with Gasteiger partial charge in [0.15, 0.2) is 16.1 Å². The summed E-state index contributed by atoms with van der Waals surface area (Å²) in [6.45, 7) is 3.87. The summed E-state index contributed by atoms with van der Waals surface area (Å²) < 4.78 is 25.9. The van der Waals surface area contributed by atoms with Crippen molar-refractivity contribution < 1.29 is 13.2 Å². The Balaban J connectivity index is 1.70. The molecule has 3 rings (SSSR count). The summed E-state index contributed by atoms with van der Waals surface area (Å²) in [5.74, 6) is 0. The van der Waals surface area contributed by atoms with Crippen LogP contribution in [-0.2, 0) is 16.3 Å². The van der Waals surface area contributed by atoms with Crippen LogP contribution in [0.1, 0.15) is 33.6 Å². The quantitative estimate of drug-likeness (QED) is 0.765. The molecular formula is C19H24N2O3S2. The Bertz CT molecular complexity index is 865.